The predicted octanol–water partition coefficient (Wildman–Crippen LogP) is 3.05. The van der Waals surface area contributed by atoms with Crippen molar-refractivity contribution in [2.45, 2.75) is 26.0 Å². The first-order valence-corrected chi connectivity index (χ1v) is 11.3. The number of benzene rings is 2. The summed E-state index contributed by atoms with van der Waals surface area (Å²) in [5, 5.41) is 14.6. The molecule has 1 aliphatic heterocycles. The smallest absolute Gasteiger partial charge is 0.119 e. The standard InChI is InChI=1S/C24H34ClN3O2/c1-2-27-12-14-28(15-13-27)18-23(29)19-30-24-5-3-4-21(16-24)17-26-11-10-20-6-8-22(25)9-7-20/h3-9,16,23,26,29H,2,10-15,17-19H2,1H3/t23-/m0/s1. The van der Waals surface area contributed by atoms with Crippen molar-refractivity contribution in [2.24, 2.45) is 0 Å². The lowest BCUT2D eigenvalue weighted by Crippen LogP contribution is -2.49. The molecule has 0 radical (unpaired) electrons. The molecule has 1 atom stereocenters. The molecule has 30 heavy (non-hydrogen) atoms. The van der Waals surface area contributed by atoms with E-state index in [1.54, 1.807) is 0 Å². The Morgan fingerprint density at radius 2 is 1.77 bits per heavy atom. The zero-order chi connectivity index (χ0) is 21.2. The van der Waals surface area contributed by atoms with E-state index in [-0.39, 0.29) is 0 Å². The Labute approximate surface area is 185 Å². The molecule has 1 saturated heterocycles. The second kappa shape index (κ2) is 12.3. The number of likely N-dealkylation sites (N-methyl/N-ethyl adjacent to an activating group) is 1. The third kappa shape index (κ3) is 7.89. The number of ether oxygens (including phenoxy) is 1. The number of halogens is 1. The monoisotopic (exact) mass is 431 g/mol. The van der Waals surface area contributed by atoms with E-state index in [0.29, 0.717) is 13.2 Å². The summed E-state index contributed by atoms with van der Waals surface area (Å²) in [6, 6.07) is 16.1. The molecule has 0 amide bonds. The SMILES string of the molecule is CCN1CCN(C[C@H](O)COc2cccc(CNCCc3ccc(Cl)cc3)c2)CC1. The van der Waals surface area contributed by atoms with Gasteiger partial charge in [0.15, 0.2) is 0 Å². The first kappa shape index (κ1) is 23.0. The van der Waals surface area contributed by atoms with Gasteiger partial charge in [-0.3, -0.25) is 4.90 Å². The van der Waals surface area contributed by atoms with Crippen LogP contribution >= 0.6 is 11.6 Å². The van der Waals surface area contributed by atoms with E-state index in [0.717, 1.165) is 63.0 Å². The van der Waals surface area contributed by atoms with Crippen molar-refractivity contribution in [2.75, 3.05) is 52.4 Å². The molecular formula is C24H34ClN3O2. The van der Waals surface area contributed by atoms with Crippen LogP contribution in [0.15, 0.2) is 48.5 Å². The minimum atomic E-state index is -0.473. The Kier molecular flexibility index (Phi) is 9.43. The van der Waals surface area contributed by atoms with Gasteiger partial charge in [-0.15, -0.1) is 0 Å². The summed E-state index contributed by atoms with van der Waals surface area (Å²) in [6.45, 7) is 10.2. The molecule has 2 aromatic carbocycles. The number of aliphatic hydroxyl groups excluding tert-OH is 1. The number of hydrogen-bond acceptors (Lipinski definition) is 5. The first-order chi connectivity index (χ1) is 14.6. The summed E-state index contributed by atoms with van der Waals surface area (Å²) in [4.78, 5) is 4.76. The summed E-state index contributed by atoms with van der Waals surface area (Å²) in [7, 11) is 0. The van der Waals surface area contributed by atoms with Gasteiger partial charge in [0.2, 0.25) is 0 Å². The highest BCUT2D eigenvalue weighted by molar-refractivity contribution is 6.30. The van der Waals surface area contributed by atoms with Crippen LogP contribution < -0.4 is 10.1 Å². The number of nitrogens with zero attached hydrogens (tertiary/aromatic N) is 2. The van der Waals surface area contributed by atoms with E-state index in [9.17, 15) is 5.11 Å². The van der Waals surface area contributed by atoms with Crippen LogP contribution in [0.5, 0.6) is 5.75 Å². The predicted molar refractivity (Wildman–Crippen MR) is 123 cm³/mol. The maximum Gasteiger partial charge on any atom is 0.119 e. The highest BCUT2D eigenvalue weighted by Crippen LogP contribution is 2.14. The van der Waals surface area contributed by atoms with Crippen molar-refractivity contribution in [3.8, 4) is 5.75 Å². The van der Waals surface area contributed by atoms with Gasteiger partial charge in [-0.2, -0.15) is 0 Å². The lowest BCUT2D eigenvalue weighted by atomic mass is 10.1. The molecule has 5 nitrogen and oxygen atoms in total. The van der Waals surface area contributed by atoms with Crippen LogP contribution in [-0.4, -0.2) is 73.4 Å². The number of hydrogen-bond donors (Lipinski definition) is 2. The Morgan fingerprint density at radius 1 is 1.03 bits per heavy atom. The third-order valence-electron chi connectivity index (χ3n) is 5.55. The highest BCUT2D eigenvalue weighted by atomic mass is 35.5. The third-order valence-corrected chi connectivity index (χ3v) is 5.81. The average molecular weight is 432 g/mol. The Balaban J connectivity index is 1.34. The lowest BCUT2D eigenvalue weighted by molar-refractivity contribution is 0.0471. The van der Waals surface area contributed by atoms with E-state index >= 15 is 0 Å². The number of β-amino-alcohol motifs (C(OH)–C–C–N with tert-alkyl or cyclic N) is 1. The van der Waals surface area contributed by atoms with Crippen LogP contribution in [0.4, 0.5) is 0 Å². The van der Waals surface area contributed by atoms with Gasteiger partial charge in [0.1, 0.15) is 18.5 Å². The summed E-state index contributed by atoms with van der Waals surface area (Å²) in [5.74, 6) is 0.807. The number of piperazine rings is 1. The second-order valence-electron chi connectivity index (χ2n) is 7.90. The highest BCUT2D eigenvalue weighted by Gasteiger charge is 2.18. The van der Waals surface area contributed by atoms with Gasteiger partial charge in [0.05, 0.1) is 0 Å². The molecular weight excluding hydrogens is 398 g/mol. The average Bonchev–Trinajstić information content (AvgIpc) is 2.77. The van der Waals surface area contributed by atoms with Crippen molar-refractivity contribution < 1.29 is 9.84 Å². The first-order valence-electron chi connectivity index (χ1n) is 10.9. The largest absolute Gasteiger partial charge is 0.491 e. The van der Waals surface area contributed by atoms with Crippen LogP contribution in [0.2, 0.25) is 5.02 Å². The van der Waals surface area contributed by atoms with Crippen molar-refractivity contribution in [1.82, 2.24) is 15.1 Å². The van der Waals surface area contributed by atoms with E-state index in [1.807, 2.05) is 30.3 Å². The fourth-order valence-corrected chi connectivity index (χ4v) is 3.82. The molecule has 2 N–H and O–H groups in total. The van der Waals surface area contributed by atoms with E-state index in [1.165, 1.54) is 11.1 Å². The maximum atomic E-state index is 10.4. The van der Waals surface area contributed by atoms with Crippen molar-refractivity contribution in [1.29, 1.82) is 0 Å². The topological polar surface area (TPSA) is 48.0 Å². The Bertz CT molecular complexity index is 748. The van der Waals surface area contributed by atoms with Gasteiger partial charge in [-0.05, 0) is 54.9 Å². The molecule has 0 aromatic heterocycles. The fourth-order valence-electron chi connectivity index (χ4n) is 3.69. The number of nitrogens with one attached hydrogen (secondary N) is 1. The van der Waals surface area contributed by atoms with Gasteiger partial charge in [-0.25, -0.2) is 0 Å². The normalized spacial score (nSPS) is 16.5. The van der Waals surface area contributed by atoms with E-state index in [4.69, 9.17) is 16.3 Å². The number of rotatable bonds is 11. The zero-order valence-electron chi connectivity index (χ0n) is 17.9. The minimum Gasteiger partial charge on any atom is -0.491 e. The summed E-state index contributed by atoms with van der Waals surface area (Å²) >= 11 is 5.93. The Hall–Kier alpha value is -1.63. The van der Waals surface area contributed by atoms with Crippen LogP contribution in [0.3, 0.4) is 0 Å². The van der Waals surface area contributed by atoms with Crippen molar-refractivity contribution in [3.05, 3.63) is 64.7 Å². The number of aliphatic hydroxyl groups is 1. The molecule has 164 valence electrons. The molecule has 1 heterocycles. The quantitative estimate of drug-likeness (QED) is 0.535. The van der Waals surface area contributed by atoms with E-state index in [2.05, 4.69) is 40.2 Å². The van der Waals surface area contributed by atoms with Crippen LogP contribution in [-0.2, 0) is 13.0 Å². The van der Waals surface area contributed by atoms with Gasteiger partial charge in [-0.1, -0.05) is 42.8 Å². The molecule has 0 saturated carbocycles. The minimum absolute atomic E-state index is 0.321. The summed E-state index contributed by atoms with van der Waals surface area (Å²) in [6.07, 6.45) is 0.492. The molecule has 0 bridgehead atoms. The molecule has 1 fully saturated rings. The van der Waals surface area contributed by atoms with Crippen LogP contribution in [0.1, 0.15) is 18.1 Å². The summed E-state index contributed by atoms with van der Waals surface area (Å²) < 4.78 is 5.85. The molecule has 0 unspecified atom stereocenters. The Morgan fingerprint density at radius 3 is 2.50 bits per heavy atom. The maximum absolute atomic E-state index is 10.4. The van der Waals surface area contributed by atoms with Crippen molar-refractivity contribution >= 4 is 11.6 Å². The summed E-state index contributed by atoms with van der Waals surface area (Å²) in [5.41, 5.74) is 2.45. The molecule has 0 spiro atoms. The molecule has 6 heteroatoms. The van der Waals surface area contributed by atoms with E-state index < -0.39 is 6.10 Å². The zero-order valence-corrected chi connectivity index (χ0v) is 18.7. The van der Waals surface area contributed by atoms with Crippen LogP contribution in [0, 0.1) is 0 Å². The van der Waals surface area contributed by atoms with Gasteiger partial charge in [0.25, 0.3) is 0 Å². The molecule has 3 rings (SSSR count). The van der Waals surface area contributed by atoms with Crippen LogP contribution in [0.25, 0.3) is 0 Å². The second-order valence-corrected chi connectivity index (χ2v) is 8.34. The van der Waals surface area contributed by atoms with Gasteiger partial charge < -0.3 is 20.1 Å². The lowest BCUT2D eigenvalue weighted by Gasteiger charge is -2.34. The van der Waals surface area contributed by atoms with Gasteiger partial charge in [0, 0.05) is 44.3 Å². The van der Waals surface area contributed by atoms with Crippen molar-refractivity contribution in [3.63, 3.8) is 0 Å². The molecule has 0 aliphatic carbocycles. The fraction of sp³-hybridized carbons (Fsp3) is 0.500. The molecule has 2 aromatic rings. The molecule has 1 aliphatic rings. The van der Waals surface area contributed by atoms with Gasteiger partial charge >= 0.3 is 0 Å².